The first-order chi connectivity index (χ1) is 9.49. The van der Waals surface area contributed by atoms with Crippen LogP contribution in [0, 0.1) is 0 Å². The highest BCUT2D eigenvalue weighted by Gasteiger charge is 2.12. The van der Waals surface area contributed by atoms with Gasteiger partial charge in [0.2, 0.25) is 0 Å². The lowest BCUT2D eigenvalue weighted by Crippen LogP contribution is -2.14. The molecule has 4 N–H and O–H groups in total. The Hall–Kier alpha value is -1.70. The van der Waals surface area contributed by atoms with Gasteiger partial charge in [0.25, 0.3) is 5.91 Å². The maximum atomic E-state index is 12.1. The number of anilines is 2. The van der Waals surface area contributed by atoms with E-state index in [-0.39, 0.29) is 11.1 Å². The van der Waals surface area contributed by atoms with E-state index in [1.165, 1.54) is 23.5 Å². The van der Waals surface area contributed by atoms with Gasteiger partial charge in [-0.1, -0.05) is 25.4 Å². The van der Waals surface area contributed by atoms with Gasteiger partial charge in [-0.3, -0.25) is 10.1 Å². The molecule has 106 valence electrons. The van der Waals surface area contributed by atoms with Crippen LogP contribution in [0.5, 0.6) is 0 Å². The summed E-state index contributed by atoms with van der Waals surface area (Å²) in [4.78, 5) is 20.4. The van der Waals surface area contributed by atoms with Crippen LogP contribution in [0.1, 0.15) is 35.8 Å². The van der Waals surface area contributed by atoms with Gasteiger partial charge in [0, 0.05) is 10.9 Å². The lowest BCUT2D eigenvalue weighted by atomic mass is 10.2. The number of thiazole rings is 1. The number of aromatic nitrogens is 2. The average molecular weight is 312 g/mol. The van der Waals surface area contributed by atoms with Crippen LogP contribution in [0.3, 0.4) is 0 Å². The molecule has 1 amide bonds. The van der Waals surface area contributed by atoms with Crippen LogP contribution in [0.2, 0.25) is 5.15 Å². The molecule has 0 saturated heterocycles. The molecule has 2 aromatic rings. The van der Waals surface area contributed by atoms with Crippen LogP contribution in [0.4, 0.5) is 10.9 Å². The fraction of sp³-hybridized carbons (Fsp3) is 0.250. The van der Waals surface area contributed by atoms with Gasteiger partial charge in [0.05, 0.1) is 5.69 Å². The lowest BCUT2D eigenvalue weighted by molar-refractivity contribution is 0.102. The summed E-state index contributed by atoms with van der Waals surface area (Å²) in [7, 11) is 0. The Balaban J connectivity index is 2.16. The van der Waals surface area contributed by atoms with E-state index in [1.54, 1.807) is 0 Å². The van der Waals surface area contributed by atoms with E-state index in [4.69, 9.17) is 17.4 Å². The molecule has 2 aromatic heterocycles. The van der Waals surface area contributed by atoms with Crippen molar-refractivity contribution in [3.05, 3.63) is 33.9 Å². The number of hydrogen-bond donors (Lipinski definition) is 3. The summed E-state index contributed by atoms with van der Waals surface area (Å²) in [5.74, 6) is 5.60. The predicted octanol–water partition coefficient (Wildman–Crippen LogP) is 2.85. The highest BCUT2D eigenvalue weighted by Crippen LogP contribution is 2.22. The molecule has 6 nitrogen and oxygen atoms in total. The molecular weight excluding hydrogens is 298 g/mol. The molecule has 0 fully saturated rings. The number of nitrogens with one attached hydrogen (secondary N) is 2. The second kappa shape index (κ2) is 6.17. The number of nitrogens with two attached hydrogens (primary N) is 1. The third-order valence-electron chi connectivity index (χ3n) is 2.54. The maximum absolute atomic E-state index is 12.1. The molecule has 0 radical (unpaired) electrons. The lowest BCUT2D eigenvalue weighted by Gasteiger charge is -2.05. The molecule has 0 aliphatic heterocycles. The van der Waals surface area contributed by atoms with Crippen molar-refractivity contribution >= 4 is 39.8 Å². The van der Waals surface area contributed by atoms with Crippen molar-refractivity contribution in [2.24, 2.45) is 5.84 Å². The average Bonchev–Trinajstić information content (AvgIpc) is 2.86. The third kappa shape index (κ3) is 3.44. The molecule has 20 heavy (non-hydrogen) atoms. The summed E-state index contributed by atoms with van der Waals surface area (Å²) in [6.07, 6.45) is 0. The molecule has 2 rings (SSSR count). The zero-order chi connectivity index (χ0) is 14.7. The Morgan fingerprint density at radius 2 is 2.15 bits per heavy atom. The SMILES string of the molecule is CC(C)c1csc(NC(=O)c2cc(Cl)nc(NN)c2)n1. The zero-order valence-electron chi connectivity index (χ0n) is 11.0. The highest BCUT2D eigenvalue weighted by molar-refractivity contribution is 7.14. The number of hydrogen-bond acceptors (Lipinski definition) is 6. The van der Waals surface area contributed by atoms with Crippen LogP contribution in [-0.4, -0.2) is 15.9 Å². The summed E-state index contributed by atoms with van der Waals surface area (Å²) < 4.78 is 0. The van der Waals surface area contributed by atoms with E-state index in [2.05, 4.69) is 20.7 Å². The summed E-state index contributed by atoms with van der Waals surface area (Å²) >= 11 is 7.20. The van der Waals surface area contributed by atoms with E-state index in [9.17, 15) is 4.79 Å². The fourth-order valence-electron chi connectivity index (χ4n) is 1.48. The van der Waals surface area contributed by atoms with Crippen LogP contribution in [-0.2, 0) is 0 Å². The standard InChI is InChI=1S/C12H14ClN5OS/c1-6(2)8-5-20-12(15-8)17-11(19)7-3-9(13)16-10(4-7)18-14/h3-6H,14H2,1-2H3,(H,16,18)(H,15,17,19). The van der Waals surface area contributed by atoms with Crippen LogP contribution >= 0.6 is 22.9 Å². The number of carbonyl (C=O) groups is 1. The zero-order valence-corrected chi connectivity index (χ0v) is 12.5. The van der Waals surface area contributed by atoms with Crippen LogP contribution in [0.15, 0.2) is 17.5 Å². The van der Waals surface area contributed by atoms with Gasteiger partial charge in [-0.15, -0.1) is 11.3 Å². The third-order valence-corrected chi connectivity index (χ3v) is 3.51. The Kier molecular flexibility index (Phi) is 4.53. The molecule has 0 aliphatic carbocycles. The largest absolute Gasteiger partial charge is 0.308 e. The molecule has 0 spiro atoms. The Bertz CT molecular complexity index is 628. The Labute approximate surface area is 125 Å². The summed E-state index contributed by atoms with van der Waals surface area (Å²) in [6, 6.07) is 2.98. The smallest absolute Gasteiger partial charge is 0.257 e. The topological polar surface area (TPSA) is 92.9 Å². The quantitative estimate of drug-likeness (QED) is 0.458. The molecule has 8 heteroatoms. The first-order valence-electron chi connectivity index (χ1n) is 5.90. The van der Waals surface area contributed by atoms with Crippen molar-refractivity contribution in [2.75, 3.05) is 10.7 Å². The second-order valence-electron chi connectivity index (χ2n) is 4.39. The van der Waals surface area contributed by atoms with Crippen molar-refractivity contribution in [1.29, 1.82) is 0 Å². The minimum atomic E-state index is -0.310. The number of rotatable bonds is 4. The van der Waals surface area contributed by atoms with Crippen molar-refractivity contribution in [3.8, 4) is 0 Å². The van der Waals surface area contributed by atoms with Crippen LogP contribution < -0.4 is 16.6 Å². The van der Waals surface area contributed by atoms with Gasteiger partial charge in [0.15, 0.2) is 5.13 Å². The molecule has 0 saturated carbocycles. The van der Waals surface area contributed by atoms with Crippen molar-refractivity contribution < 1.29 is 4.79 Å². The molecule has 0 atom stereocenters. The molecular formula is C12H14ClN5OS. The van der Waals surface area contributed by atoms with E-state index < -0.39 is 0 Å². The number of nitrogen functional groups attached to an aromatic ring is 1. The van der Waals surface area contributed by atoms with Crippen molar-refractivity contribution in [1.82, 2.24) is 9.97 Å². The minimum absolute atomic E-state index is 0.188. The van der Waals surface area contributed by atoms with Crippen LogP contribution in [0.25, 0.3) is 0 Å². The number of halogens is 1. The fourth-order valence-corrected chi connectivity index (χ4v) is 2.56. The van der Waals surface area contributed by atoms with Gasteiger partial charge in [-0.25, -0.2) is 15.8 Å². The summed E-state index contributed by atoms with van der Waals surface area (Å²) in [5.41, 5.74) is 3.66. The monoisotopic (exact) mass is 311 g/mol. The number of amides is 1. The maximum Gasteiger partial charge on any atom is 0.257 e. The molecule has 0 aliphatic rings. The normalized spacial score (nSPS) is 10.7. The number of pyridine rings is 1. The van der Waals surface area contributed by atoms with E-state index in [0.717, 1.165) is 5.69 Å². The van der Waals surface area contributed by atoms with Gasteiger partial charge in [-0.2, -0.15) is 0 Å². The van der Waals surface area contributed by atoms with Gasteiger partial charge >= 0.3 is 0 Å². The Morgan fingerprint density at radius 1 is 1.40 bits per heavy atom. The van der Waals surface area contributed by atoms with E-state index >= 15 is 0 Å². The van der Waals surface area contributed by atoms with E-state index in [0.29, 0.717) is 22.4 Å². The van der Waals surface area contributed by atoms with E-state index in [1.807, 2.05) is 19.2 Å². The van der Waals surface area contributed by atoms with Gasteiger partial charge in [-0.05, 0) is 18.1 Å². The predicted molar refractivity (Wildman–Crippen MR) is 81.2 cm³/mol. The second-order valence-corrected chi connectivity index (χ2v) is 5.64. The molecule has 0 aromatic carbocycles. The van der Waals surface area contributed by atoms with Gasteiger partial charge < -0.3 is 5.43 Å². The first kappa shape index (κ1) is 14.7. The van der Waals surface area contributed by atoms with Crippen molar-refractivity contribution in [3.63, 3.8) is 0 Å². The molecule has 0 unspecified atom stereocenters. The highest BCUT2D eigenvalue weighted by atomic mass is 35.5. The van der Waals surface area contributed by atoms with Gasteiger partial charge in [0.1, 0.15) is 11.0 Å². The number of nitrogens with zero attached hydrogens (tertiary/aromatic N) is 2. The first-order valence-corrected chi connectivity index (χ1v) is 7.16. The number of hydrazine groups is 1. The van der Waals surface area contributed by atoms with Crippen molar-refractivity contribution in [2.45, 2.75) is 19.8 Å². The molecule has 2 heterocycles. The molecule has 0 bridgehead atoms. The minimum Gasteiger partial charge on any atom is -0.308 e. The summed E-state index contributed by atoms with van der Waals surface area (Å²) in [5, 5.41) is 5.39. The Morgan fingerprint density at radius 3 is 2.75 bits per heavy atom. The number of carbonyl (C=O) groups excluding carboxylic acids is 1. The summed E-state index contributed by atoms with van der Waals surface area (Å²) in [6.45, 7) is 4.09.